The first-order valence-electron chi connectivity index (χ1n) is 11.8. The van der Waals surface area contributed by atoms with E-state index in [1.165, 1.54) is 5.56 Å². The minimum Gasteiger partial charge on any atom is -0.481 e. The van der Waals surface area contributed by atoms with Gasteiger partial charge in [-0.3, -0.25) is 9.59 Å². The minimum absolute atomic E-state index is 0.0492. The van der Waals surface area contributed by atoms with Crippen molar-refractivity contribution in [2.45, 2.75) is 51.4 Å². The molecule has 2 atom stereocenters. The molecule has 0 radical (unpaired) electrons. The van der Waals surface area contributed by atoms with Gasteiger partial charge in [0.2, 0.25) is 5.91 Å². The van der Waals surface area contributed by atoms with E-state index in [4.69, 9.17) is 10.8 Å². The predicted molar refractivity (Wildman–Crippen MR) is 137 cm³/mol. The van der Waals surface area contributed by atoms with Crippen LogP contribution in [0.1, 0.15) is 73.2 Å². The highest BCUT2D eigenvalue weighted by atomic mass is 16.4. The van der Waals surface area contributed by atoms with Crippen LogP contribution in [0, 0.1) is 0 Å². The number of aryl methyl sites for hydroxylation is 1. The average molecular weight is 471 g/mol. The van der Waals surface area contributed by atoms with Crippen molar-refractivity contribution in [2.75, 3.05) is 11.1 Å². The van der Waals surface area contributed by atoms with Crippen molar-refractivity contribution in [3.8, 4) is 0 Å². The maximum absolute atomic E-state index is 13.2. The van der Waals surface area contributed by atoms with E-state index in [-0.39, 0.29) is 18.1 Å². The summed E-state index contributed by atoms with van der Waals surface area (Å²) >= 11 is 0. The van der Waals surface area contributed by atoms with Crippen LogP contribution in [0.15, 0.2) is 55.1 Å². The zero-order chi connectivity index (χ0) is 25.3. The fourth-order valence-electron chi connectivity index (χ4n) is 4.62. The maximum Gasteiger partial charge on any atom is 0.303 e. The molecule has 35 heavy (non-hydrogen) atoms. The third kappa shape index (κ3) is 4.30. The van der Waals surface area contributed by atoms with Crippen LogP contribution in [0.25, 0.3) is 5.57 Å². The van der Waals surface area contributed by atoms with Crippen LogP contribution in [0.3, 0.4) is 0 Å². The number of nitrogens with one attached hydrogen (secondary N) is 1. The number of carbonyl (C=O) groups excluding carboxylic acids is 1. The van der Waals surface area contributed by atoms with Crippen molar-refractivity contribution in [3.05, 3.63) is 88.8 Å². The van der Waals surface area contributed by atoms with Crippen LogP contribution in [0.4, 0.5) is 11.6 Å². The average Bonchev–Trinajstić information content (AvgIpc) is 3.12. The summed E-state index contributed by atoms with van der Waals surface area (Å²) in [6.07, 6.45) is 1.46. The van der Waals surface area contributed by atoms with E-state index in [0.717, 1.165) is 23.1 Å². The van der Waals surface area contributed by atoms with Crippen LogP contribution in [0.2, 0.25) is 0 Å². The Morgan fingerprint density at radius 3 is 2.51 bits per heavy atom. The van der Waals surface area contributed by atoms with E-state index in [2.05, 4.69) is 41.8 Å². The Morgan fingerprint density at radius 2 is 1.86 bits per heavy atom. The molecule has 1 aliphatic heterocycles. The molecule has 0 spiro atoms. The number of carboxylic acids is 1. The van der Waals surface area contributed by atoms with E-state index in [1.54, 1.807) is 6.92 Å². The number of hydrogen-bond donors (Lipinski definition) is 3. The molecule has 7 heteroatoms. The molecule has 3 aromatic rings. The molecule has 1 amide bonds. The molecule has 0 fully saturated rings. The van der Waals surface area contributed by atoms with Gasteiger partial charge in [-0.25, -0.2) is 9.97 Å². The Balaban J connectivity index is 1.71. The summed E-state index contributed by atoms with van der Waals surface area (Å²) < 4.78 is 0. The molecule has 1 aromatic heterocycles. The van der Waals surface area contributed by atoms with Gasteiger partial charge in [0, 0.05) is 12.0 Å². The highest BCUT2D eigenvalue weighted by molar-refractivity contribution is 6.09. The van der Waals surface area contributed by atoms with Gasteiger partial charge in [-0.15, -0.1) is 0 Å². The topological polar surface area (TPSA) is 118 Å². The summed E-state index contributed by atoms with van der Waals surface area (Å²) in [5, 5.41) is 11.8. The van der Waals surface area contributed by atoms with Crippen LogP contribution >= 0.6 is 0 Å². The number of anilines is 2. The number of aromatic nitrogens is 2. The number of hydrogen-bond acceptors (Lipinski definition) is 5. The number of benzene rings is 2. The first kappa shape index (κ1) is 24.1. The smallest absolute Gasteiger partial charge is 0.303 e. The van der Waals surface area contributed by atoms with Crippen molar-refractivity contribution in [1.29, 1.82) is 0 Å². The Kier molecular flexibility index (Phi) is 6.43. The second kappa shape index (κ2) is 9.33. The molecular weight excluding hydrogens is 440 g/mol. The molecule has 4 rings (SSSR count). The summed E-state index contributed by atoms with van der Waals surface area (Å²) in [6, 6.07) is 15.4. The Morgan fingerprint density at radius 1 is 1.17 bits per heavy atom. The summed E-state index contributed by atoms with van der Waals surface area (Å²) in [5.74, 6) is 0.246. The first-order chi connectivity index (χ1) is 16.7. The Bertz CT molecular complexity index is 1320. The van der Waals surface area contributed by atoms with E-state index < -0.39 is 11.4 Å². The fraction of sp³-hybridized carbons (Fsp3) is 0.286. The van der Waals surface area contributed by atoms with Crippen molar-refractivity contribution in [2.24, 2.45) is 0 Å². The number of rotatable bonds is 8. The lowest BCUT2D eigenvalue weighted by Crippen LogP contribution is -2.33. The van der Waals surface area contributed by atoms with Crippen LogP contribution in [-0.2, 0) is 21.4 Å². The number of carbonyl (C=O) groups is 2. The van der Waals surface area contributed by atoms with Crippen LogP contribution in [0.5, 0.6) is 0 Å². The van der Waals surface area contributed by atoms with Gasteiger partial charge in [0.15, 0.2) is 5.82 Å². The third-order valence-electron chi connectivity index (χ3n) is 6.98. The fourth-order valence-corrected chi connectivity index (χ4v) is 4.62. The molecule has 2 aromatic carbocycles. The number of nitrogens with zero attached hydrogens (tertiary/aromatic N) is 2. The van der Waals surface area contributed by atoms with Crippen LogP contribution in [-0.4, -0.2) is 27.0 Å². The maximum atomic E-state index is 13.2. The van der Waals surface area contributed by atoms with Crippen molar-refractivity contribution < 1.29 is 14.7 Å². The van der Waals surface area contributed by atoms with Gasteiger partial charge < -0.3 is 16.2 Å². The molecule has 0 saturated carbocycles. The molecular formula is C28H30N4O3. The zero-order valence-corrected chi connectivity index (χ0v) is 20.3. The molecule has 1 aliphatic rings. The summed E-state index contributed by atoms with van der Waals surface area (Å²) in [4.78, 5) is 33.3. The van der Waals surface area contributed by atoms with Gasteiger partial charge in [0.05, 0.1) is 5.56 Å². The van der Waals surface area contributed by atoms with Gasteiger partial charge in [-0.05, 0) is 47.9 Å². The molecule has 0 saturated heterocycles. The van der Waals surface area contributed by atoms with Gasteiger partial charge in [-0.2, -0.15) is 0 Å². The van der Waals surface area contributed by atoms with Gasteiger partial charge in [0.1, 0.15) is 17.1 Å². The predicted octanol–water partition coefficient (Wildman–Crippen LogP) is 4.91. The summed E-state index contributed by atoms with van der Waals surface area (Å²) in [5.41, 5.74) is 10.3. The van der Waals surface area contributed by atoms with E-state index in [0.29, 0.717) is 35.1 Å². The summed E-state index contributed by atoms with van der Waals surface area (Å²) in [6.45, 7) is 10.4. The molecule has 7 nitrogen and oxygen atoms in total. The van der Waals surface area contributed by atoms with Gasteiger partial charge in [-0.1, -0.05) is 69.0 Å². The van der Waals surface area contributed by atoms with E-state index in [1.807, 2.05) is 42.5 Å². The second-order valence-corrected chi connectivity index (χ2v) is 9.20. The first-order valence-corrected chi connectivity index (χ1v) is 11.8. The molecule has 0 aliphatic carbocycles. The van der Waals surface area contributed by atoms with Crippen molar-refractivity contribution in [3.63, 3.8) is 0 Å². The van der Waals surface area contributed by atoms with E-state index in [9.17, 15) is 9.59 Å². The highest BCUT2D eigenvalue weighted by Gasteiger charge is 2.47. The normalized spacial score (nSPS) is 17.5. The van der Waals surface area contributed by atoms with Crippen molar-refractivity contribution >= 4 is 29.1 Å². The number of aliphatic carboxylic acids is 1. The molecule has 0 bridgehead atoms. The zero-order valence-electron chi connectivity index (χ0n) is 20.3. The second-order valence-electron chi connectivity index (χ2n) is 9.20. The number of fused-ring (bicyclic) bond motifs is 1. The lowest BCUT2D eigenvalue weighted by Gasteiger charge is -2.24. The molecule has 180 valence electrons. The Labute approximate surface area is 205 Å². The van der Waals surface area contributed by atoms with E-state index >= 15 is 0 Å². The van der Waals surface area contributed by atoms with Gasteiger partial charge >= 0.3 is 5.97 Å². The number of amides is 1. The Hall–Kier alpha value is -4.00. The monoisotopic (exact) mass is 470 g/mol. The standard InChI is InChI=1S/C28H30N4O3/c1-5-16(2)20-8-6-7-9-21(20)17(3)25-30-24(29)23-26(31-25)32-27(35)28(23,4)19-13-10-18(11-14-19)12-15-22(33)34/h6-11,13-14,16H,3,5,12,15H2,1-2,4H3,(H,33,34)(H3,29,30,31,32,35)/t16?,28-/m0/s1. The quantitative estimate of drug-likeness (QED) is 0.430. The molecule has 1 unspecified atom stereocenters. The largest absolute Gasteiger partial charge is 0.481 e. The van der Waals surface area contributed by atoms with Crippen LogP contribution < -0.4 is 11.1 Å². The van der Waals surface area contributed by atoms with Gasteiger partial charge in [0.25, 0.3) is 0 Å². The minimum atomic E-state index is -1.07. The summed E-state index contributed by atoms with van der Waals surface area (Å²) in [7, 11) is 0. The lowest BCUT2D eigenvalue weighted by atomic mass is 9.77. The molecule has 2 heterocycles. The number of nitrogens with two attached hydrogens (primary N) is 1. The number of carboxylic acid groups (broad SMARTS) is 1. The number of nitrogen functional groups attached to an aromatic ring is 1. The highest BCUT2D eigenvalue weighted by Crippen LogP contribution is 2.45. The molecule has 4 N–H and O–H groups in total. The lowest BCUT2D eigenvalue weighted by molar-refractivity contribution is -0.137. The third-order valence-corrected chi connectivity index (χ3v) is 6.98. The van der Waals surface area contributed by atoms with Crippen molar-refractivity contribution in [1.82, 2.24) is 9.97 Å². The SMILES string of the molecule is C=C(c1nc(N)c2c(n1)NC(=O)[C@@]2(C)c1ccc(CCC(=O)O)cc1)c1ccccc1C(C)CC.